The Hall–Kier alpha value is -3.16. The Kier molecular flexibility index (Phi) is 5.56. The molecule has 0 aromatic rings. The molecule has 8 atom stereocenters. The van der Waals surface area contributed by atoms with E-state index in [1.165, 1.54) is 4.90 Å². The maximum absolute atomic E-state index is 12.0. The van der Waals surface area contributed by atoms with Crippen molar-refractivity contribution in [2.45, 2.75) is 12.8 Å². The van der Waals surface area contributed by atoms with Gasteiger partial charge in [-0.2, -0.15) is 0 Å². The van der Waals surface area contributed by atoms with Gasteiger partial charge in [-0.1, -0.05) is 36.1 Å². The second-order valence-electron chi connectivity index (χ2n) is 8.61. The minimum absolute atomic E-state index is 0.0557. The Bertz CT molecular complexity index is 909. The van der Waals surface area contributed by atoms with Crippen LogP contribution >= 0.6 is 0 Å². The lowest BCUT2D eigenvalue weighted by Gasteiger charge is -2.14. The zero-order valence-electron chi connectivity index (χ0n) is 17.0. The van der Waals surface area contributed by atoms with E-state index in [0.717, 1.165) is 12.8 Å². The number of carbonyl (C=O) groups excluding carboxylic acids is 4. The second-order valence-corrected chi connectivity index (χ2v) is 8.61. The van der Waals surface area contributed by atoms with Crippen molar-refractivity contribution in [1.29, 1.82) is 0 Å². The summed E-state index contributed by atoms with van der Waals surface area (Å²) in [5, 5.41) is 0. The summed E-state index contributed by atoms with van der Waals surface area (Å²) in [6, 6.07) is 0. The molecule has 7 heteroatoms. The molecule has 0 aromatic heterocycles. The first-order valence-electron chi connectivity index (χ1n) is 10.5. The lowest BCUT2D eigenvalue weighted by Crippen LogP contribution is -2.33. The number of cyclic esters (lactones) is 2. The van der Waals surface area contributed by atoms with Gasteiger partial charge in [-0.25, -0.2) is 0 Å². The van der Waals surface area contributed by atoms with E-state index in [1.54, 1.807) is 0 Å². The van der Waals surface area contributed by atoms with Crippen LogP contribution in [0.3, 0.4) is 0 Å². The quantitative estimate of drug-likeness (QED) is 0.218. The van der Waals surface area contributed by atoms with Crippen molar-refractivity contribution in [1.82, 2.24) is 4.90 Å². The van der Waals surface area contributed by atoms with Gasteiger partial charge in [0.25, 0.3) is 0 Å². The molecule has 2 saturated heterocycles. The Balaban J connectivity index is 0.000000130. The lowest BCUT2D eigenvalue weighted by molar-refractivity contribution is -0.154. The van der Waals surface area contributed by atoms with E-state index in [1.807, 2.05) is 12.2 Å². The molecule has 0 radical (unpaired) electrons. The monoisotopic (exact) mass is 420 g/mol. The number of rotatable bonds is 1. The zero-order valence-corrected chi connectivity index (χ0v) is 17.0. The minimum atomic E-state index is -0.304. The average molecular weight is 420 g/mol. The fourth-order valence-electron chi connectivity index (χ4n) is 5.91. The number of carbonyl (C=O) groups is 4. The summed E-state index contributed by atoms with van der Waals surface area (Å²) in [5.41, 5.74) is 4.79. The van der Waals surface area contributed by atoms with E-state index in [-0.39, 0.29) is 77.6 Å². The number of fused-ring (bicyclic) bond motifs is 10. The van der Waals surface area contributed by atoms with Crippen LogP contribution in [-0.2, 0) is 23.9 Å². The highest BCUT2D eigenvalue weighted by atomic mass is 16.6. The van der Waals surface area contributed by atoms with Gasteiger partial charge in [0.2, 0.25) is 11.8 Å². The topological polar surface area (TPSA) is 107 Å². The first kappa shape index (κ1) is 21.1. The summed E-state index contributed by atoms with van der Waals surface area (Å²) in [6.07, 6.45) is 20.0. The first-order chi connectivity index (χ1) is 14.9. The number of terminal acetylenes is 2. The molecule has 2 saturated carbocycles. The van der Waals surface area contributed by atoms with Crippen LogP contribution in [0.15, 0.2) is 24.3 Å². The van der Waals surface area contributed by atoms with E-state index in [2.05, 4.69) is 35.2 Å². The summed E-state index contributed by atoms with van der Waals surface area (Å²) >= 11 is 0. The Morgan fingerprint density at radius 1 is 0.806 bits per heavy atom. The van der Waals surface area contributed by atoms with Gasteiger partial charge in [-0.3, -0.25) is 24.1 Å². The van der Waals surface area contributed by atoms with Crippen molar-refractivity contribution >= 4 is 23.8 Å². The summed E-state index contributed by atoms with van der Waals surface area (Å²) in [7, 11) is 0. The van der Waals surface area contributed by atoms with Crippen LogP contribution in [0.1, 0.15) is 12.8 Å². The normalized spacial score (nSPS) is 39.3. The number of hydrogen-bond acceptors (Lipinski definition) is 6. The molecule has 4 bridgehead atoms. The SMILES string of the molecule is C#CCN.C#CCN1C(=O)[C@@H]2C3C=CC(C3)[C@@H]2C1=O.O=C1OC(=O)[C@H]2C3C=CC(C3)[C@@H]12. The number of esters is 2. The first-order valence-corrected chi connectivity index (χ1v) is 10.5. The zero-order chi connectivity index (χ0) is 22.3. The molecule has 0 spiro atoms. The van der Waals surface area contributed by atoms with E-state index in [4.69, 9.17) is 12.2 Å². The summed E-state index contributed by atoms with van der Waals surface area (Å²) in [5.74, 6) is 4.46. The van der Waals surface area contributed by atoms with Crippen LogP contribution < -0.4 is 5.73 Å². The molecule has 2 amide bonds. The van der Waals surface area contributed by atoms with Crippen molar-refractivity contribution in [2.75, 3.05) is 13.1 Å². The Morgan fingerprint density at radius 2 is 1.19 bits per heavy atom. The average Bonchev–Trinajstić information content (AvgIpc) is 3.59. The van der Waals surface area contributed by atoms with Crippen molar-refractivity contribution in [3.8, 4) is 24.7 Å². The molecule has 4 fully saturated rings. The molecule has 6 aliphatic rings. The summed E-state index contributed by atoms with van der Waals surface area (Å²) in [6.45, 7) is 0.476. The molecule has 4 aliphatic carbocycles. The predicted octanol–water partition coefficient (Wildman–Crippen LogP) is 0.513. The molecular formula is C24H24N2O5. The molecule has 6 rings (SSSR count). The summed E-state index contributed by atoms with van der Waals surface area (Å²) in [4.78, 5) is 47.5. The number of nitrogens with two attached hydrogens (primary N) is 1. The van der Waals surface area contributed by atoms with Gasteiger partial charge in [0, 0.05) is 0 Å². The lowest BCUT2D eigenvalue weighted by atomic mass is 9.85. The molecular weight excluding hydrogens is 396 g/mol. The molecule has 7 nitrogen and oxygen atoms in total. The standard InChI is InChI=1S/C12H11NO2.C9H8O3.C3H5N/c1-2-5-13-11(14)9-7-3-4-8(6-7)10(9)12(13)15;10-8-6-4-1-2-5(3-4)7(6)9(11)12-8;1-2-3-4/h1,3-4,7-10H,5-6H2;1-2,4-7H,3H2;1H,3-4H2/t7?,8?,9-,10+;4?,5?,6-,7+;. The number of amides is 2. The number of imide groups is 1. The van der Waals surface area contributed by atoms with Crippen LogP contribution in [0.25, 0.3) is 0 Å². The van der Waals surface area contributed by atoms with Gasteiger partial charge in [-0.05, 0) is 36.5 Å². The molecule has 31 heavy (non-hydrogen) atoms. The largest absolute Gasteiger partial charge is 0.393 e. The van der Waals surface area contributed by atoms with Crippen molar-refractivity contribution in [3.63, 3.8) is 0 Å². The van der Waals surface area contributed by atoms with Crippen molar-refractivity contribution in [2.24, 2.45) is 53.1 Å². The highest BCUT2D eigenvalue weighted by molar-refractivity contribution is 6.06. The van der Waals surface area contributed by atoms with E-state index < -0.39 is 0 Å². The molecule has 160 valence electrons. The highest BCUT2D eigenvalue weighted by Gasteiger charge is 2.59. The van der Waals surface area contributed by atoms with E-state index in [0.29, 0.717) is 6.54 Å². The van der Waals surface area contributed by atoms with Crippen LogP contribution in [0.2, 0.25) is 0 Å². The Morgan fingerprint density at radius 3 is 1.55 bits per heavy atom. The van der Waals surface area contributed by atoms with Gasteiger partial charge in [0.15, 0.2) is 0 Å². The molecule has 4 unspecified atom stereocenters. The van der Waals surface area contributed by atoms with Crippen LogP contribution in [0.4, 0.5) is 0 Å². The maximum atomic E-state index is 12.0. The van der Waals surface area contributed by atoms with Gasteiger partial charge < -0.3 is 10.5 Å². The maximum Gasteiger partial charge on any atom is 0.318 e. The number of likely N-dealkylation sites (tertiary alicyclic amines) is 1. The molecule has 2 heterocycles. The number of allylic oxidation sites excluding steroid dienone is 4. The van der Waals surface area contributed by atoms with Crippen LogP contribution in [0, 0.1) is 72.0 Å². The van der Waals surface area contributed by atoms with Gasteiger partial charge in [0.1, 0.15) is 0 Å². The third kappa shape index (κ3) is 3.30. The number of hydrogen-bond donors (Lipinski definition) is 1. The Labute approximate surface area is 181 Å². The van der Waals surface area contributed by atoms with Crippen LogP contribution in [-0.4, -0.2) is 41.7 Å². The van der Waals surface area contributed by atoms with Gasteiger partial charge >= 0.3 is 11.9 Å². The second kappa shape index (κ2) is 8.17. The van der Waals surface area contributed by atoms with Gasteiger partial charge in [-0.15, -0.1) is 12.8 Å². The smallest absolute Gasteiger partial charge is 0.318 e. The van der Waals surface area contributed by atoms with Gasteiger partial charge in [0.05, 0.1) is 36.8 Å². The van der Waals surface area contributed by atoms with E-state index >= 15 is 0 Å². The summed E-state index contributed by atoms with van der Waals surface area (Å²) < 4.78 is 4.59. The molecule has 2 N–H and O–H groups in total. The fourth-order valence-corrected chi connectivity index (χ4v) is 5.91. The molecule has 2 aliphatic heterocycles. The third-order valence-electron chi connectivity index (χ3n) is 7.13. The highest BCUT2D eigenvalue weighted by Crippen LogP contribution is 2.53. The van der Waals surface area contributed by atoms with Crippen molar-refractivity contribution < 1.29 is 23.9 Å². The van der Waals surface area contributed by atoms with Crippen molar-refractivity contribution in [3.05, 3.63) is 24.3 Å². The van der Waals surface area contributed by atoms with Crippen LogP contribution in [0.5, 0.6) is 0 Å². The number of nitrogens with zero attached hydrogens (tertiary/aromatic N) is 1. The van der Waals surface area contributed by atoms with E-state index in [9.17, 15) is 19.2 Å². The predicted molar refractivity (Wildman–Crippen MR) is 110 cm³/mol. The molecule has 0 aromatic carbocycles. The minimum Gasteiger partial charge on any atom is -0.393 e. The third-order valence-corrected chi connectivity index (χ3v) is 7.13. The fraction of sp³-hybridized carbons (Fsp3) is 0.500. The number of ether oxygens (including phenoxy) is 1.